The highest BCUT2D eigenvalue weighted by Gasteiger charge is 2.53. The maximum Gasteiger partial charge on any atom is 0.251 e. The monoisotopic (exact) mass is 508 g/mol. The summed E-state index contributed by atoms with van der Waals surface area (Å²) in [5.41, 5.74) is 10.7. The van der Waals surface area contributed by atoms with E-state index in [4.69, 9.17) is 10.3 Å². The van der Waals surface area contributed by atoms with Crippen LogP contribution in [0.25, 0.3) is 10.4 Å². The number of amides is 2. The Morgan fingerprint density at radius 2 is 1.81 bits per heavy atom. The van der Waals surface area contributed by atoms with Gasteiger partial charge >= 0.3 is 0 Å². The summed E-state index contributed by atoms with van der Waals surface area (Å²) >= 11 is 0. The quantitative estimate of drug-likeness (QED) is 0.359. The standard InChI is InChI=1S/C27H36N6O4/c1-32-13-11-18(12-14-32)17-7-9-20(10-8-17)26(35)29-23(19-5-3-2-4-6-19)27(36)33-15-21(30-31-28)25-24(33)22(34)16-37-25/h7-10,18-19,21,23-25H,2-6,11-16H2,1H3,(H,29,35)/t21-,23-,24+,25+/m0/s1. The lowest BCUT2D eigenvalue weighted by Crippen LogP contribution is -2.55. The van der Waals surface area contributed by atoms with Crippen LogP contribution >= 0.6 is 0 Å². The van der Waals surface area contributed by atoms with Crippen molar-refractivity contribution in [2.75, 3.05) is 33.3 Å². The van der Waals surface area contributed by atoms with E-state index in [1.165, 1.54) is 10.5 Å². The van der Waals surface area contributed by atoms with Crippen LogP contribution in [0.15, 0.2) is 29.4 Å². The minimum atomic E-state index is -0.764. The molecule has 37 heavy (non-hydrogen) atoms. The number of nitrogens with one attached hydrogen (secondary N) is 1. The number of Topliss-reactive ketones (excluding diaryl/α,β-unsaturated/α-hetero) is 1. The smallest absolute Gasteiger partial charge is 0.251 e. The first-order valence-corrected chi connectivity index (χ1v) is 13.5. The Kier molecular flexibility index (Phi) is 7.79. The summed E-state index contributed by atoms with van der Waals surface area (Å²) in [6.07, 6.45) is 6.41. The molecule has 1 aliphatic carbocycles. The molecule has 10 nitrogen and oxygen atoms in total. The molecule has 0 radical (unpaired) electrons. The van der Waals surface area contributed by atoms with Gasteiger partial charge in [0.2, 0.25) is 5.91 Å². The van der Waals surface area contributed by atoms with E-state index < -0.39 is 24.2 Å². The highest BCUT2D eigenvalue weighted by Crippen LogP contribution is 2.33. The molecule has 0 aromatic heterocycles. The zero-order chi connectivity index (χ0) is 25.9. The van der Waals surface area contributed by atoms with E-state index in [-0.39, 0.29) is 36.7 Å². The third-order valence-corrected chi connectivity index (χ3v) is 8.68. The van der Waals surface area contributed by atoms with Crippen LogP contribution < -0.4 is 5.32 Å². The van der Waals surface area contributed by atoms with Gasteiger partial charge in [-0.05, 0) is 80.9 Å². The number of benzene rings is 1. The van der Waals surface area contributed by atoms with E-state index in [1.54, 1.807) is 0 Å². The summed E-state index contributed by atoms with van der Waals surface area (Å²) in [6.45, 7) is 2.17. The molecule has 4 aliphatic rings. The normalized spacial score (nSPS) is 28.0. The van der Waals surface area contributed by atoms with Gasteiger partial charge in [0.05, 0.1) is 12.1 Å². The number of likely N-dealkylation sites (tertiary alicyclic amines) is 2. The van der Waals surface area contributed by atoms with E-state index in [2.05, 4.69) is 27.3 Å². The maximum atomic E-state index is 13.9. The minimum Gasteiger partial charge on any atom is -0.367 e. The summed E-state index contributed by atoms with van der Waals surface area (Å²) < 4.78 is 5.58. The van der Waals surface area contributed by atoms with Crippen LogP contribution in [0.5, 0.6) is 0 Å². The number of carbonyl (C=O) groups excluding carboxylic acids is 3. The average molecular weight is 509 g/mol. The molecule has 0 unspecified atom stereocenters. The van der Waals surface area contributed by atoms with Gasteiger partial charge in [-0.1, -0.05) is 36.5 Å². The van der Waals surface area contributed by atoms with Crippen LogP contribution in [0.3, 0.4) is 0 Å². The summed E-state index contributed by atoms with van der Waals surface area (Å²) in [4.78, 5) is 46.6. The number of ketones is 1. The Bertz CT molecular complexity index is 1060. The van der Waals surface area contributed by atoms with Crippen LogP contribution in [0.2, 0.25) is 0 Å². The van der Waals surface area contributed by atoms with E-state index in [0.29, 0.717) is 11.5 Å². The first-order chi connectivity index (χ1) is 18.0. The van der Waals surface area contributed by atoms with Gasteiger partial charge in [0, 0.05) is 17.0 Å². The van der Waals surface area contributed by atoms with Gasteiger partial charge < -0.3 is 19.9 Å². The summed E-state index contributed by atoms with van der Waals surface area (Å²) in [7, 11) is 2.14. The van der Waals surface area contributed by atoms with Gasteiger partial charge in [-0.2, -0.15) is 0 Å². The van der Waals surface area contributed by atoms with Crippen molar-refractivity contribution in [1.29, 1.82) is 0 Å². The van der Waals surface area contributed by atoms with E-state index >= 15 is 0 Å². The largest absolute Gasteiger partial charge is 0.367 e. The Balaban J connectivity index is 1.33. The molecule has 3 aliphatic heterocycles. The Hall–Kier alpha value is -2.94. The fraction of sp³-hybridized carbons (Fsp3) is 0.667. The van der Waals surface area contributed by atoms with Gasteiger partial charge in [0.15, 0.2) is 5.78 Å². The maximum absolute atomic E-state index is 13.9. The number of piperidine rings is 1. The lowest BCUT2D eigenvalue weighted by atomic mass is 9.83. The SMILES string of the molecule is CN1CCC(c2ccc(C(=O)N[C@H](C(=O)N3C[C@H](N=[N+]=[N-])[C@H]4OCC(=O)[C@H]43)C3CCCCC3)cc2)CC1. The molecule has 2 amide bonds. The summed E-state index contributed by atoms with van der Waals surface area (Å²) in [5.74, 6) is -0.253. The second-order valence-electron chi connectivity index (χ2n) is 11.0. The number of fused-ring (bicyclic) bond motifs is 1. The zero-order valence-electron chi connectivity index (χ0n) is 21.4. The van der Waals surface area contributed by atoms with Crippen molar-refractivity contribution in [3.05, 3.63) is 45.8 Å². The van der Waals surface area contributed by atoms with Crippen LogP contribution in [0.4, 0.5) is 0 Å². The Morgan fingerprint density at radius 3 is 2.49 bits per heavy atom. The zero-order valence-corrected chi connectivity index (χ0v) is 21.4. The van der Waals surface area contributed by atoms with Crippen molar-refractivity contribution in [1.82, 2.24) is 15.1 Å². The number of azide groups is 1. The van der Waals surface area contributed by atoms with Crippen LogP contribution in [-0.4, -0.2) is 84.9 Å². The number of hydrogen-bond acceptors (Lipinski definition) is 6. The molecular weight excluding hydrogens is 472 g/mol. The molecule has 4 atom stereocenters. The van der Waals surface area contributed by atoms with E-state index in [1.807, 2.05) is 24.3 Å². The van der Waals surface area contributed by atoms with Crippen LogP contribution in [0.1, 0.15) is 66.8 Å². The third-order valence-electron chi connectivity index (χ3n) is 8.68. The molecule has 4 fully saturated rings. The molecule has 0 bridgehead atoms. The summed E-state index contributed by atoms with van der Waals surface area (Å²) in [6, 6.07) is 5.66. The van der Waals surface area contributed by atoms with Crippen molar-refractivity contribution >= 4 is 17.6 Å². The number of hydrogen-bond donors (Lipinski definition) is 1. The lowest BCUT2D eigenvalue weighted by Gasteiger charge is -2.34. The fourth-order valence-corrected chi connectivity index (χ4v) is 6.53. The lowest BCUT2D eigenvalue weighted by molar-refractivity contribution is -0.139. The van der Waals surface area contributed by atoms with Crippen molar-refractivity contribution in [2.45, 2.75) is 75.1 Å². The fourth-order valence-electron chi connectivity index (χ4n) is 6.53. The molecule has 1 N–H and O–H groups in total. The van der Waals surface area contributed by atoms with Gasteiger partial charge in [-0.15, -0.1) is 0 Å². The number of carbonyl (C=O) groups is 3. The first-order valence-electron chi connectivity index (χ1n) is 13.5. The molecular formula is C27H36N6O4. The Labute approximate surface area is 217 Å². The topological polar surface area (TPSA) is 128 Å². The predicted molar refractivity (Wildman–Crippen MR) is 137 cm³/mol. The second-order valence-corrected chi connectivity index (χ2v) is 11.0. The second kappa shape index (κ2) is 11.2. The highest BCUT2D eigenvalue weighted by molar-refractivity contribution is 5.99. The van der Waals surface area contributed by atoms with Gasteiger partial charge in [-0.3, -0.25) is 14.4 Å². The van der Waals surface area contributed by atoms with Crippen molar-refractivity contribution in [2.24, 2.45) is 11.0 Å². The number of rotatable bonds is 6. The minimum absolute atomic E-state index is 0.00177. The Morgan fingerprint density at radius 1 is 1.11 bits per heavy atom. The number of ether oxygens (including phenoxy) is 1. The molecule has 198 valence electrons. The third kappa shape index (κ3) is 5.37. The number of nitrogens with zero attached hydrogens (tertiary/aromatic N) is 5. The highest BCUT2D eigenvalue weighted by atomic mass is 16.5. The first kappa shape index (κ1) is 25.7. The van der Waals surface area contributed by atoms with Gasteiger partial charge in [0.25, 0.3) is 5.91 Å². The van der Waals surface area contributed by atoms with Crippen molar-refractivity contribution < 1.29 is 19.1 Å². The molecule has 10 heteroatoms. The van der Waals surface area contributed by atoms with E-state index in [0.717, 1.165) is 58.0 Å². The average Bonchev–Trinajstić information content (AvgIpc) is 3.49. The van der Waals surface area contributed by atoms with Gasteiger partial charge in [0.1, 0.15) is 18.7 Å². The molecule has 0 spiro atoms. The molecule has 1 aromatic carbocycles. The molecule has 5 rings (SSSR count). The summed E-state index contributed by atoms with van der Waals surface area (Å²) in [5, 5.41) is 6.82. The van der Waals surface area contributed by atoms with E-state index in [9.17, 15) is 14.4 Å². The molecule has 3 heterocycles. The molecule has 1 saturated carbocycles. The van der Waals surface area contributed by atoms with Gasteiger partial charge in [-0.25, -0.2) is 0 Å². The van der Waals surface area contributed by atoms with Crippen molar-refractivity contribution in [3.63, 3.8) is 0 Å². The van der Waals surface area contributed by atoms with Crippen molar-refractivity contribution in [3.8, 4) is 0 Å². The van der Waals surface area contributed by atoms with Crippen LogP contribution in [0, 0.1) is 5.92 Å². The molecule has 3 saturated heterocycles. The predicted octanol–water partition coefficient (Wildman–Crippen LogP) is 3.03. The van der Waals surface area contributed by atoms with Crippen LogP contribution in [-0.2, 0) is 14.3 Å². The molecule has 1 aromatic rings.